The molecule has 0 amide bonds. The molecule has 0 saturated carbocycles. The summed E-state index contributed by atoms with van der Waals surface area (Å²) < 4.78 is 4.90. The van der Waals surface area contributed by atoms with Crippen molar-refractivity contribution in [2.45, 2.75) is 0 Å². The summed E-state index contributed by atoms with van der Waals surface area (Å²) in [5, 5.41) is 12.9. The fraction of sp³-hybridized carbons (Fsp3) is 0. The number of para-hydroxylation sites is 2. The summed E-state index contributed by atoms with van der Waals surface area (Å²) in [6, 6.07) is 53.5. The van der Waals surface area contributed by atoms with Crippen molar-refractivity contribution in [1.82, 2.24) is 8.97 Å². The quantitative estimate of drug-likeness (QED) is 0.186. The van der Waals surface area contributed by atoms with E-state index in [1.165, 1.54) is 87.1 Å². The highest BCUT2D eigenvalue weighted by atomic mass is 15.0. The maximum absolute atomic E-state index is 2.46. The molecule has 0 bridgehead atoms. The van der Waals surface area contributed by atoms with Gasteiger partial charge in [-0.25, -0.2) is 0 Å². The lowest BCUT2D eigenvalue weighted by Gasteiger charge is -2.11. The third-order valence-electron chi connectivity index (χ3n) is 9.24. The first-order valence-electron chi connectivity index (χ1n) is 14.5. The van der Waals surface area contributed by atoms with Crippen molar-refractivity contribution in [3.05, 3.63) is 146 Å². The lowest BCUT2D eigenvalue weighted by Crippen LogP contribution is -1.94. The van der Waals surface area contributed by atoms with E-state index in [1.54, 1.807) is 0 Å². The van der Waals surface area contributed by atoms with Gasteiger partial charge in [0.1, 0.15) is 0 Å². The van der Waals surface area contributed by atoms with Gasteiger partial charge in [-0.1, -0.05) is 103 Å². The van der Waals surface area contributed by atoms with Gasteiger partial charge in [-0.05, 0) is 69.4 Å². The molecule has 0 aliphatic heterocycles. The molecule has 7 aromatic carbocycles. The third-order valence-corrected chi connectivity index (χ3v) is 9.24. The third kappa shape index (κ3) is 2.78. The second-order valence-electron chi connectivity index (χ2n) is 11.4. The fourth-order valence-electron chi connectivity index (χ4n) is 7.46. The van der Waals surface area contributed by atoms with Crippen molar-refractivity contribution in [2.24, 2.45) is 0 Å². The SMILES string of the molecule is c1ccc2c(c1)ccc1cc(-n3c4ccccc4c4c5cc6c7ccccc7c7ccccc7n6c5ccc43)ccc12. The van der Waals surface area contributed by atoms with Crippen LogP contribution in [0.25, 0.3) is 87.1 Å². The van der Waals surface area contributed by atoms with Crippen LogP contribution in [0.4, 0.5) is 0 Å². The van der Waals surface area contributed by atoms with E-state index in [2.05, 4.69) is 155 Å². The minimum Gasteiger partial charge on any atom is -0.309 e. The number of rotatable bonds is 1. The summed E-state index contributed by atoms with van der Waals surface area (Å²) in [5.41, 5.74) is 7.38. The Hall–Kier alpha value is -5.60. The highest BCUT2D eigenvalue weighted by Gasteiger charge is 2.19. The molecule has 42 heavy (non-hydrogen) atoms. The van der Waals surface area contributed by atoms with Crippen molar-refractivity contribution in [1.29, 1.82) is 0 Å². The lowest BCUT2D eigenvalue weighted by atomic mass is 10.0. The Morgan fingerprint density at radius 1 is 0.310 bits per heavy atom. The molecule has 194 valence electrons. The van der Waals surface area contributed by atoms with Crippen LogP contribution in [-0.4, -0.2) is 8.97 Å². The molecule has 3 heterocycles. The molecule has 0 spiro atoms. The van der Waals surface area contributed by atoms with Gasteiger partial charge in [-0.3, -0.25) is 0 Å². The predicted molar refractivity (Wildman–Crippen MR) is 179 cm³/mol. The summed E-state index contributed by atoms with van der Waals surface area (Å²) in [6.07, 6.45) is 0. The van der Waals surface area contributed by atoms with Crippen LogP contribution in [0.1, 0.15) is 0 Å². The Morgan fingerprint density at radius 3 is 1.76 bits per heavy atom. The van der Waals surface area contributed by atoms with Gasteiger partial charge in [0, 0.05) is 32.6 Å². The van der Waals surface area contributed by atoms with E-state index in [-0.39, 0.29) is 0 Å². The lowest BCUT2D eigenvalue weighted by molar-refractivity contribution is 1.19. The molecule has 0 atom stereocenters. The average Bonchev–Trinajstić information content (AvgIpc) is 3.61. The highest BCUT2D eigenvalue weighted by molar-refractivity contribution is 6.25. The molecule has 10 rings (SSSR count). The number of nitrogens with zero attached hydrogens (tertiary/aromatic N) is 2. The molecular formula is C40H24N2. The summed E-state index contributed by atoms with van der Waals surface area (Å²) in [5.74, 6) is 0. The Balaban J connectivity index is 1.35. The van der Waals surface area contributed by atoms with Gasteiger partial charge in [0.25, 0.3) is 0 Å². The molecule has 0 radical (unpaired) electrons. The second-order valence-corrected chi connectivity index (χ2v) is 11.4. The number of pyridine rings is 1. The van der Waals surface area contributed by atoms with Gasteiger partial charge in [-0.15, -0.1) is 0 Å². The zero-order valence-corrected chi connectivity index (χ0v) is 22.8. The normalized spacial score (nSPS) is 12.3. The summed E-state index contributed by atoms with van der Waals surface area (Å²) >= 11 is 0. The molecule has 3 aromatic heterocycles. The average molecular weight is 533 g/mol. The number of hydrogen-bond acceptors (Lipinski definition) is 0. The standard InChI is InChI=1S/C40H24N2/c1-2-10-28-25(9-1)17-18-26-23-27(19-20-29(26)28)41-36-16-8-6-14-33(36)40-34-24-39-32-13-4-3-11-30(32)31-12-5-7-15-35(31)42(39)37(34)21-22-38(40)41/h1-24H. The van der Waals surface area contributed by atoms with Crippen LogP contribution < -0.4 is 0 Å². The highest BCUT2D eigenvalue weighted by Crippen LogP contribution is 2.41. The number of aromatic nitrogens is 2. The predicted octanol–water partition coefficient (Wildman–Crippen LogP) is 10.8. The zero-order chi connectivity index (χ0) is 27.4. The zero-order valence-electron chi connectivity index (χ0n) is 22.8. The van der Waals surface area contributed by atoms with E-state index in [1.807, 2.05) is 0 Å². The van der Waals surface area contributed by atoms with Crippen molar-refractivity contribution < 1.29 is 0 Å². The molecule has 0 fully saturated rings. The van der Waals surface area contributed by atoms with Crippen molar-refractivity contribution >= 4 is 81.4 Å². The Kier molecular flexibility index (Phi) is 4.21. The minimum absolute atomic E-state index is 1.18. The Bertz CT molecular complexity index is 2740. The molecule has 0 aliphatic rings. The summed E-state index contributed by atoms with van der Waals surface area (Å²) in [4.78, 5) is 0. The van der Waals surface area contributed by atoms with Crippen LogP contribution >= 0.6 is 0 Å². The maximum Gasteiger partial charge on any atom is 0.0548 e. The van der Waals surface area contributed by atoms with E-state index >= 15 is 0 Å². The first-order valence-corrected chi connectivity index (χ1v) is 14.5. The first kappa shape index (κ1) is 22.1. The smallest absolute Gasteiger partial charge is 0.0548 e. The topological polar surface area (TPSA) is 9.34 Å². The first-order chi connectivity index (χ1) is 20.8. The second kappa shape index (κ2) is 7.99. The maximum atomic E-state index is 2.46. The molecule has 10 aromatic rings. The molecule has 0 aliphatic carbocycles. The van der Waals surface area contributed by atoms with Crippen LogP contribution in [0.5, 0.6) is 0 Å². The van der Waals surface area contributed by atoms with E-state index in [0.717, 1.165) is 0 Å². The molecule has 0 unspecified atom stereocenters. The van der Waals surface area contributed by atoms with Gasteiger partial charge in [-0.2, -0.15) is 0 Å². The van der Waals surface area contributed by atoms with Crippen LogP contribution in [-0.2, 0) is 0 Å². The molecule has 2 heteroatoms. The van der Waals surface area contributed by atoms with E-state index in [9.17, 15) is 0 Å². The Labute approximate surface area is 241 Å². The molecule has 0 saturated heterocycles. The van der Waals surface area contributed by atoms with Gasteiger partial charge in [0.15, 0.2) is 0 Å². The van der Waals surface area contributed by atoms with Gasteiger partial charge < -0.3 is 8.97 Å². The van der Waals surface area contributed by atoms with E-state index in [4.69, 9.17) is 0 Å². The van der Waals surface area contributed by atoms with Crippen molar-refractivity contribution in [2.75, 3.05) is 0 Å². The monoisotopic (exact) mass is 532 g/mol. The van der Waals surface area contributed by atoms with Gasteiger partial charge in [0.2, 0.25) is 0 Å². The van der Waals surface area contributed by atoms with Crippen LogP contribution in [0.15, 0.2) is 146 Å². The van der Waals surface area contributed by atoms with Crippen molar-refractivity contribution in [3.8, 4) is 5.69 Å². The number of hydrogen-bond donors (Lipinski definition) is 0. The Morgan fingerprint density at radius 2 is 0.905 bits per heavy atom. The van der Waals surface area contributed by atoms with E-state index < -0.39 is 0 Å². The molecule has 2 nitrogen and oxygen atoms in total. The molecule has 0 N–H and O–H groups in total. The van der Waals surface area contributed by atoms with Gasteiger partial charge in [0.05, 0.1) is 27.6 Å². The van der Waals surface area contributed by atoms with E-state index in [0.29, 0.717) is 0 Å². The fourth-order valence-corrected chi connectivity index (χ4v) is 7.46. The molecular weight excluding hydrogens is 508 g/mol. The minimum atomic E-state index is 1.18. The van der Waals surface area contributed by atoms with Crippen molar-refractivity contribution in [3.63, 3.8) is 0 Å². The number of benzene rings is 7. The summed E-state index contributed by atoms with van der Waals surface area (Å²) in [7, 11) is 0. The van der Waals surface area contributed by atoms with Crippen LogP contribution in [0.3, 0.4) is 0 Å². The van der Waals surface area contributed by atoms with Crippen LogP contribution in [0.2, 0.25) is 0 Å². The summed E-state index contributed by atoms with van der Waals surface area (Å²) in [6.45, 7) is 0. The number of fused-ring (bicyclic) bond motifs is 15. The largest absolute Gasteiger partial charge is 0.309 e. The van der Waals surface area contributed by atoms with Gasteiger partial charge >= 0.3 is 0 Å². The van der Waals surface area contributed by atoms with Crippen LogP contribution in [0, 0.1) is 0 Å².